The third kappa shape index (κ3) is 4.90. The van der Waals surface area contributed by atoms with Crippen molar-refractivity contribution in [3.8, 4) is 0 Å². The Kier molecular flexibility index (Phi) is 5.89. The minimum Gasteiger partial charge on any atom is -0.398 e. The topological polar surface area (TPSA) is 129 Å². The number of amidine groups is 1. The van der Waals surface area contributed by atoms with Gasteiger partial charge in [-0.25, -0.2) is 9.78 Å². The van der Waals surface area contributed by atoms with Crippen LogP contribution in [-0.4, -0.2) is 28.4 Å². The first kappa shape index (κ1) is 18.2. The van der Waals surface area contributed by atoms with Crippen molar-refractivity contribution in [3.63, 3.8) is 0 Å². The minimum absolute atomic E-state index is 0.198. The monoisotopic (exact) mass is 341 g/mol. The van der Waals surface area contributed by atoms with Gasteiger partial charge in [-0.05, 0) is 32.4 Å². The molecule has 2 heterocycles. The van der Waals surface area contributed by atoms with Gasteiger partial charge in [-0.15, -0.1) is 0 Å². The van der Waals surface area contributed by atoms with Gasteiger partial charge in [0.05, 0.1) is 11.6 Å². The summed E-state index contributed by atoms with van der Waals surface area (Å²) in [5.74, 6) is 0.515. The largest absolute Gasteiger partial charge is 0.398 e. The number of pyridine rings is 2. The van der Waals surface area contributed by atoms with Gasteiger partial charge in [0.2, 0.25) is 0 Å². The number of anilines is 2. The second kappa shape index (κ2) is 8.09. The molecule has 0 saturated carbocycles. The Labute approximate surface area is 146 Å². The van der Waals surface area contributed by atoms with Crippen molar-refractivity contribution >= 4 is 23.4 Å². The maximum atomic E-state index is 12.1. The van der Waals surface area contributed by atoms with E-state index in [4.69, 9.17) is 11.1 Å². The average Bonchev–Trinajstić information content (AvgIpc) is 2.55. The Morgan fingerprint density at radius 3 is 2.68 bits per heavy atom. The number of carbonyl (C=O) groups excluding carboxylic acids is 1. The molecule has 132 valence electrons. The summed E-state index contributed by atoms with van der Waals surface area (Å²) in [6.45, 7) is 6.29. The van der Waals surface area contributed by atoms with Gasteiger partial charge in [-0.2, -0.15) is 0 Å². The maximum absolute atomic E-state index is 12.1. The molecule has 0 bridgehead atoms. The first-order valence-electron chi connectivity index (χ1n) is 7.99. The zero-order valence-electron chi connectivity index (χ0n) is 14.6. The van der Waals surface area contributed by atoms with Crippen LogP contribution in [0.15, 0.2) is 30.6 Å². The van der Waals surface area contributed by atoms with Crippen molar-refractivity contribution in [2.24, 2.45) is 0 Å². The summed E-state index contributed by atoms with van der Waals surface area (Å²) in [7, 11) is 0. The fourth-order valence-electron chi connectivity index (χ4n) is 2.19. The number of nitrogens with two attached hydrogens (primary N) is 1. The molecule has 0 aromatic carbocycles. The SMILES string of the molecule is CCNC(=N)c1cnc(NC(=O)NC(C)c2ccc(C)nc2)cc1N. The van der Waals surface area contributed by atoms with E-state index >= 15 is 0 Å². The lowest BCUT2D eigenvalue weighted by molar-refractivity contribution is 0.249. The van der Waals surface area contributed by atoms with Gasteiger partial charge >= 0.3 is 6.03 Å². The van der Waals surface area contributed by atoms with Gasteiger partial charge in [0, 0.05) is 36.4 Å². The van der Waals surface area contributed by atoms with E-state index < -0.39 is 6.03 Å². The van der Waals surface area contributed by atoms with Gasteiger partial charge in [-0.1, -0.05) is 6.07 Å². The second-order valence-electron chi connectivity index (χ2n) is 5.62. The number of aryl methyl sites for hydroxylation is 1. The fourth-order valence-corrected chi connectivity index (χ4v) is 2.19. The van der Waals surface area contributed by atoms with Gasteiger partial charge in [-0.3, -0.25) is 15.7 Å². The molecule has 0 spiro atoms. The first-order valence-corrected chi connectivity index (χ1v) is 7.99. The van der Waals surface area contributed by atoms with E-state index in [1.165, 1.54) is 12.3 Å². The Bertz CT molecular complexity index is 758. The van der Waals surface area contributed by atoms with Crippen LogP contribution in [0.2, 0.25) is 0 Å². The molecule has 2 aromatic heterocycles. The standard InChI is InChI=1S/C17H23N7O/c1-4-20-16(19)13-9-22-15(7-14(13)18)24-17(25)23-11(3)12-6-5-10(2)21-8-12/h5-9,11H,4H2,1-3H3,(H2,19,20)(H4,18,22,23,24,25). The molecule has 1 unspecified atom stereocenters. The Hall–Kier alpha value is -3.16. The van der Waals surface area contributed by atoms with Crippen molar-refractivity contribution < 1.29 is 4.79 Å². The van der Waals surface area contributed by atoms with E-state index in [0.29, 0.717) is 23.6 Å². The lowest BCUT2D eigenvalue weighted by Crippen LogP contribution is -2.31. The Morgan fingerprint density at radius 1 is 1.32 bits per heavy atom. The third-order valence-electron chi connectivity index (χ3n) is 3.58. The number of hydrogen-bond acceptors (Lipinski definition) is 5. The number of nitrogens with zero attached hydrogens (tertiary/aromatic N) is 2. The number of amides is 2. The van der Waals surface area contributed by atoms with E-state index in [1.807, 2.05) is 32.9 Å². The summed E-state index contributed by atoms with van der Waals surface area (Å²) < 4.78 is 0. The number of hydrogen-bond donors (Lipinski definition) is 5. The molecule has 2 amide bonds. The fraction of sp³-hybridized carbons (Fsp3) is 0.294. The molecule has 2 aromatic rings. The minimum atomic E-state index is -0.394. The summed E-state index contributed by atoms with van der Waals surface area (Å²) in [6.07, 6.45) is 3.20. The molecule has 0 fully saturated rings. The quantitative estimate of drug-likeness (QED) is 0.420. The van der Waals surface area contributed by atoms with Crippen molar-refractivity contribution in [1.82, 2.24) is 20.6 Å². The molecule has 1 atom stereocenters. The highest BCUT2D eigenvalue weighted by Crippen LogP contribution is 2.16. The van der Waals surface area contributed by atoms with Gasteiger partial charge in [0.15, 0.2) is 0 Å². The van der Waals surface area contributed by atoms with Crippen LogP contribution >= 0.6 is 0 Å². The highest BCUT2D eigenvalue weighted by atomic mass is 16.2. The number of urea groups is 1. The summed E-state index contributed by atoms with van der Waals surface area (Å²) in [4.78, 5) is 20.5. The second-order valence-corrected chi connectivity index (χ2v) is 5.62. The molecule has 2 rings (SSSR count). The van der Waals surface area contributed by atoms with E-state index in [1.54, 1.807) is 6.20 Å². The lowest BCUT2D eigenvalue weighted by atomic mass is 10.1. The number of nitrogens with one attached hydrogen (secondary N) is 4. The van der Waals surface area contributed by atoms with Crippen LogP contribution in [0.3, 0.4) is 0 Å². The van der Waals surface area contributed by atoms with Gasteiger partial charge in [0.1, 0.15) is 11.7 Å². The zero-order valence-corrected chi connectivity index (χ0v) is 14.6. The molecule has 6 N–H and O–H groups in total. The Morgan fingerprint density at radius 2 is 2.08 bits per heavy atom. The van der Waals surface area contributed by atoms with Crippen molar-refractivity contribution in [3.05, 3.63) is 47.4 Å². The van der Waals surface area contributed by atoms with Crippen molar-refractivity contribution in [1.29, 1.82) is 5.41 Å². The molecule has 0 saturated heterocycles. The molecular weight excluding hydrogens is 318 g/mol. The van der Waals surface area contributed by atoms with Crippen LogP contribution in [-0.2, 0) is 0 Å². The predicted molar refractivity (Wildman–Crippen MR) is 98.7 cm³/mol. The molecule has 25 heavy (non-hydrogen) atoms. The number of carbonyl (C=O) groups is 1. The van der Waals surface area contributed by atoms with E-state index in [0.717, 1.165) is 11.3 Å². The molecular formula is C17H23N7O. The average molecular weight is 341 g/mol. The summed E-state index contributed by atoms with van der Waals surface area (Å²) in [5.41, 5.74) is 8.62. The highest BCUT2D eigenvalue weighted by Gasteiger charge is 2.12. The number of nitrogen functional groups attached to an aromatic ring is 1. The summed E-state index contributed by atoms with van der Waals surface area (Å²) in [6, 6.07) is 4.75. The number of aromatic nitrogens is 2. The maximum Gasteiger partial charge on any atom is 0.320 e. The van der Waals surface area contributed by atoms with Crippen LogP contribution in [0.1, 0.15) is 36.7 Å². The van der Waals surface area contributed by atoms with Gasteiger partial charge in [0.25, 0.3) is 0 Å². The molecule has 0 radical (unpaired) electrons. The van der Waals surface area contributed by atoms with E-state index in [9.17, 15) is 4.79 Å². The van der Waals surface area contributed by atoms with Crippen LogP contribution in [0.25, 0.3) is 0 Å². The van der Waals surface area contributed by atoms with Crippen molar-refractivity contribution in [2.75, 3.05) is 17.6 Å². The smallest absolute Gasteiger partial charge is 0.320 e. The van der Waals surface area contributed by atoms with Crippen LogP contribution in [0, 0.1) is 12.3 Å². The van der Waals surface area contributed by atoms with E-state index in [2.05, 4.69) is 25.9 Å². The highest BCUT2D eigenvalue weighted by molar-refractivity contribution is 6.01. The first-order chi connectivity index (χ1) is 11.9. The Balaban J connectivity index is 1.99. The lowest BCUT2D eigenvalue weighted by Gasteiger charge is -2.15. The van der Waals surface area contributed by atoms with Gasteiger partial charge < -0.3 is 16.4 Å². The summed E-state index contributed by atoms with van der Waals surface area (Å²) >= 11 is 0. The normalized spacial score (nSPS) is 11.5. The zero-order chi connectivity index (χ0) is 18.4. The van der Waals surface area contributed by atoms with E-state index in [-0.39, 0.29) is 11.9 Å². The molecule has 0 aliphatic carbocycles. The number of rotatable bonds is 5. The predicted octanol–water partition coefficient (Wildman–Crippen LogP) is 2.18. The molecule has 0 aliphatic heterocycles. The molecule has 0 aliphatic rings. The third-order valence-corrected chi connectivity index (χ3v) is 3.58. The van der Waals surface area contributed by atoms with Crippen LogP contribution in [0.5, 0.6) is 0 Å². The van der Waals surface area contributed by atoms with Crippen molar-refractivity contribution in [2.45, 2.75) is 26.8 Å². The van der Waals surface area contributed by atoms with Crippen LogP contribution in [0.4, 0.5) is 16.3 Å². The van der Waals surface area contributed by atoms with Crippen LogP contribution < -0.4 is 21.7 Å². The molecule has 8 heteroatoms. The summed E-state index contributed by atoms with van der Waals surface area (Å²) in [5, 5.41) is 16.2. The molecule has 8 nitrogen and oxygen atoms in total.